The first kappa shape index (κ1) is 26.0. The Morgan fingerprint density at radius 2 is 1.80 bits per heavy atom. The van der Waals surface area contributed by atoms with E-state index in [0.717, 1.165) is 24.0 Å². The number of phenolic OH excluding ortho intramolecular Hbond substituents is 1. The first-order valence-corrected chi connectivity index (χ1v) is 13.5. The third kappa shape index (κ3) is 4.49. The van der Waals surface area contributed by atoms with Crippen LogP contribution in [0.4, 0.5) is 5.69 Å². The van der Waals surface area contributed by atoms with Crippen LogP contribution in [-0.2, 0) is 17.4 Å². The van der Waals surface area contributed by atoms with Crippen molar-refractivity contribution in [2.45, 2.75) is 24.7 Å². The Balaban J connectivity index is 1.52. The molecule has 0 saturated heterocycles. The van der Waals surface area contributed by atoms with E-state index >= 15 is 0 Å². The normalized spacial score (nSPS) is 18.7. The van der Waals surface area contributed by atoms with Crippen molar-refractivity contribution in [1.82, 2.24) is 0 Å². The average molecular weight is 534 g/mol. The molecule has 0 spiro atoms. The molecule has 5 N–H and O–H groups in total. The smallest absolute Gasteiger partial charge is 0.336 e. The number of anilines is 1. The predicted molar refractivity (Wildman–Crippen MR) is 156 cm³/mol. The number of ether oxygens (including phenoxy) is 1. The summed E-state index contributed by atoms with van der Waals surface area (Å²) in [6, 6.07) is 25.3. The van der Waals surface area contributed by atoms with Crippen LogP contribution in [0.1, 0.15) is 50.1 Å². The lowest BCUT2D eigenvalue weighted by atomic mass is 9.73. The molecule has 2 aliphatic rings. The molecule has 7 nitrogen and oxygen atoms in total. The zero-order valence-electron chi connectivity index (χ0n) is 22.3. The second-order valence-electron chi connectivity index (χ2n) is 10.4. The molecule has 40 heavy (non-hydrogen) atoms. The van der Waals surface area contributed by atoms with Gasteiger partial charge in [-0.2, -0.15) is 0 Å². The number of carboxylic acid groups (broad SMARTS) is 1. The summed E-state index contributed by atoms with van der Waals surface area (Å²) in [4.78, 5) is 12.2. The van der Waals surface area contributed by atoms with Gasteiger partial charge in [-0.05, 0) is 76.3 Å². The van der Waals surface area contributed by atoms with Gasteiger partial charge in [0.1, 0.15) is 0 Å². The van der Waals surface area contributed by atoms with Crippen molar-refractivity contribution in [1.29, 1.82) is 0 Å². The molecular formula is C32H31BN2O5. The minimum absolute atomic E-state index is 0.0340. The van der Waals surface area contributed by atoms with Crippen molar-refractivity contribution in [2.75, 3.05) is 19.2 Å². The van der Waals surface area contributed by atoms with Crippen molar-refractivity contribution >= 4 is 19.1 Å². The maximum absolute atomic E-state index is 12.2. The summed E-state index contributed by atoms with van der Waals surface area (Å²) in [6.45, 7) is 0.204. The molecular weight excluding hydrogens is 503 g/mol. The molecule has 6 rings (SSSR count). The van der Waals surface area contributed by atoms with Crippen LogP contribution in [-0.4, -0.2) is 37.5 Å². The van der Waals surface area contributed by atoms with Gasteiger partial charge in [0.05, 0.1) is 25.4 Å². The van der Waals surface area contributed by atoms with E-state index in [1.54, 1.807) is 24.3 Å². The maximum atomic E-state index is 12.2. The van der Waals surface area contributed by atoms with Gasteiger partial charge in [0.15, 0.2) is 11.5 Å². The second kappa shape index (κ2) is 10.7. The largest absolute Gasteiger partial charge is 0.504 e. The third-order valence-electron chi connectivity index (χ3n) is 8.25. The Hall–Kier alpha value is -4.27. The van der Waals surface area contributed by atoms with Gasteiger partial charge in [-0.15, -0.1) is 0 Å². The molecule has 0 bridgehead atoms. The highest BCUT2D eigenvalue weighted by Crippen LogP contribution is 2.55. The van der Waals surface area contributed by atoms with Gasteiger partial charge in [0.25, 0.3) is 7.48 Å². The van der Waals surface area contributed by atoms with Crippen LogP contribution in [0, 0.1) is 5.92 Å². The minimum Gasteiger partial charge on any atom is -0.504 e. The second-order valence-corrected chi connectivity index (χ2v) is 10.4. The fourth-order valence-corrected chi connectivity index (χ4v) is 6.49. The monoisotopic (exact) mass is 534 g/mol. The number of hydrogen-bond acceptors (Lipinski definition) is 6. The zero-order valence-corrected chi connectivity index (χ0v) is 22.3. The highest BCUT2D eigenvalue weighted by atomic mass is 16.5. The number of hydrogen-bond donors (Lipinski definition) is 4. The van der Waals surface area contributed by atoms with Crippen LogP contribution >= 0.6 is 0 Å². The SMILES string of the molecule is COc1cc(C2Nc3ccc(CBOCN)cc3[C@H]3c4ccccc4C[C@@H]23)c(-c2ccccc2C(=O)O)cc1O. The molecule has 4 aromatic rings. The highest BCUT2D eigenvalue weighted by Gasteiger charge is 2.44. The summed E-state index contributed by atoms with van der Waals surface area (Å²) in [7, 11) is 2.09. The van der Waals surface area contributed by atoms with Gasteiger partial charge < -0.3 is 30.7 Å². The third-order valence-corrected chi connectivity index (χ3v) is 8.25. The van der Waals surface area contributed by atoms with Crippen LogP contribution in [0.2, 0.25) is 0 Å². The van der Waals surface area contributed by atoms with E-state index in [1.165, 1.54) is 29.4 Å². The Bertz CT molecular complexity index is 1590. The first-order valence-electron chi connectivity index (χ1n) is 13.5. The molecule has 4 aromatic carbocycles. The Kier molecular flexibility index (Phi) is 6.96. The fourth-order valence-electron chi connectivity index (χ4n) is 6.49. The number of carboxylic acids is 1. The number of aromatic hydroxyl groups is 1. The van der Waals surface area contributed by atoms with Crippen LogP contribution in [0.15, 0.2) is 78.9 Å². The fraction of sp³-hybridized carbons (Fsp3) is 0.219. The molecule has 0 saturated carbocycles. The molecule has 8 heteroatoms. The number of nitrogens with two attached hydrogens (primary N) is 1. The van der Waals surface area contributed by atoms with Crippen molar-refractivity contribution in [3.63, 3.8) is 0 Å². The number of carbonyl (C=O) groups is 1. The number of aromatic carboxylic acids is 1. The number of benzene rings is 4. The van der Waals surface area contributed by atoms with Gasteiger partial charge >= 0.3 is 5.97 Å². The molecule has 3 atom stereocenters. The summed E-state index contributed by atoms with van der Waals surface area (Å²) in [5, 5.41) is 24.6. The van der Waals surface area contributed by atoms with Gasteiger partial charge in [-0.3, -0.25) is 0 Å². The Labute approximate surface area is 233 Å². The molecule has 0 aromatic heterocycles. The number of phenols is 1. The van der Waals surface area contributed by atoms with Crippen LogP contribution in [0.25, 0.3) is 11.1 Å². The number of nitrogens with one attached hydrogen (secondary N) is 1. The van der Waals surface area contributed by atoms with Crippen molar-refractivity contribution in [2.24, 2.45) is 11.7 Å². The van der Waals surface area contributed by atoms with Gasteiger partial charge in [-0.25, -0.2) is 4.79 Å². The summed E-state index contributed by atoms with van der Waals surface area (Å²) in [5.41, 5.74) is 13.9. The lowest BCUT2D eigenvalue weighted by molar-refractivity contribution is 0.0697. The van der Waals surface area contributed by atoms with Crippen molar-refractivity contribution < 1.29 is 24.4 Å². The molecule has 1 unspecified atom stereocenters. The molecule has 0 radical (unpaired) electrons. The molecule has 0 fully saturated rings. The highest BCUT2D eigenvalue weighted by molar-refractivity contribution is 6.26. The van der Waals surface area contributed by atoms with Gasteiger partial charge in [0, 0.05) is 11.6 Å². The summed E-state index contributed by atoms with van der Waals surface area (Å²) < 4.78 is 10.9. The summed E-state index contributed by atoms with van der Waals surface area (Å²) in [5.74, 6) is -0.397. The topological polar surface area (TPSA) is 114 Å². The summed E-state index contributed by atoms with van der Waals surface area (Å²) >= 11 is 0. The van der Waals surface area contributed by atoms with E-state index in [0.29, 0.717) is 24.4 Å². The first-order chi connectivity index (χ1) is 19.5. The van der Waals surface area contributed by atoms with Crippen LogP contribution in [0.5, 0.6) is 11.5 Å². The van der Waals surface area contributed by atoms with E-state index in [4.69, 9.17) is 15.1 Å². The molecule has 1 aliphatic heterocycles. The Morgan fingerprint density at radius 1 is 1.00 bits per heavy atom. The molecule has 0 amide bonds. The minimum atomic E-state index is -1.02. The predicted octanol–water partition coefficient (Wildman–Crippen LogP) is 5.02. The lowest BCUT2D eigenvalue weighted by Crippen LogP contribution is -2.31. The standard InChI is InChI=1S/C32H31BN2O5/c1-39-29-15-24(23(14-28(29)36)21-8-4-5-9-22(21)32(37)38)31-26-13-19-6-2-3-7-20(19)30(26)25-12-18(16-33-40-17-34)10-11-27(25)35-31/h2-12,14-15,26,30-31,33,35-36H,13,16-17,34H2,1H3,(H,37,38)/t26-,30-,31?/m1/s1. The van der Waals surface area contributed by atoms with Crippen LogP contribution < -0.4 is 15.8 Å². The van der Waals surface area contributed by atoms with Gasteiger partial charge in [-0.1, -0.05) is 60.2 Å². The van der Waals surface area contributed by atoms with E-state index < -0.39 is 5.97 Å². The number of methoxy groups -OCH3 is 1. The number of fused-ring (bicyclic) bond motifs is 5. The van der Waals surface area contributed by atoms with Crippen molar-refractivity contribution in [3.05, 3.63) is 112 Å². The van der Waals surface area contributed by atoms with Crippen LogP contribution in [0.3, 0.4) is 0 Å². The van der Waals surface area contributed by atoms with E-state index in [-0.39, 0.29) is 35.9 Å². The molecule has 1 heterocycles. The summed E-state index contributed by atoms with van der Waals surface area (Å²) in [6.07, 6.45) is 1.64. The van der Waals surface area contributed by atoms with Gasteiger partial charge in [0.2, 0.25) is 0 Å². The van der Waals surface area contributed by atoms with E-state index in [2.05, 4.69) is 47.8 Å². The average Bonchev–Trinajstić information content (AvgIpc) is 3.37. The van der Waals surface area contributed by atoms with Crippen molar-refractivity contribution in [3.8, 4) is 22.6 Å². The lowest BCUT2D eigenvalue weighted by Gasteiger charge is -2.39. The number of rotatable bonds is 8. The van der Waals surface area contributed by atoms with E-state index in [9.17, 15) is 15.0 Å². The quantitative estimate of drug-likeness (QED) is 0.143. The Morgan fingerprint density at radius 3 is 2.60 bits per heavy atom. The van der Waals surface area contributed by atoms with E-state index in [1.807, 2.05) is 12.1 Å². The molecule has 1 aliphatic carbocycles. The zero-order chi connectivity index (χ0) is 27.8. The maximum Gasteiger partial charge on any atom is 0.336 e. The molecule has 202 valence electrons.